The normalized spacial score (nSPS) is 18.5. The topological polar surface area (TPSA) is 52.9 Å². The standard InChI is InChI=1S/C29H42Cl3NO3Si/c1-18(2)37(19(3)4,20(5)6)36-28-25(31)16-22(17-26(28)32)27(34)21(7)33-14-12-29(35,13-15-33)23-8-10-24(30)11-9-23/h8-11,16-21,27,34-35H,12-15H2,1-7H3. The van der Waals surface area contributed by atoms with E-state index in [1.807, 2.05) is 31.2 Å². The van der Waals surface area contributed by atoms with Crippen LogP contribution in [0.2, 0.25) is 31.7 Å². The molecule has 2 aromatic rings. The lowest BCUT2D eigenvalue weighted by Crippen LogP contribution is -2.50. The predicted octanol–water partition coefficient (Wildman–Crippen LogP) is 8.61. The maximum atomic E-state index is 11.3. The van der Waals surface area contributed by atoms with E-state index in [4.69, 9.17) is 39.2 Å². The number of nitrogens with zero attached hydrogens (tertiary/aromatic N) is 1. The Kier molecular flexibility index (Phi) is 10.1. The van der Waals surface area contributed by atoms with Gasteiger partial charge >= 0.3 is 0 Å². The Morgan fingerprint density at radius 3 is 1.73 bits per heavy atom. The van der Waals surface area contributed by atoms with Crippen LogP contribution < -0.4 is 4.43 Å². The van der Waals surface area contributed by atoms with E-state index in [0.29, 0.717) is 68.9 Å². The number of rotatable bonds is 9. The van der Waals surface area contributed by atoms with Gasteiger partial charge in [0.2, 0.25) is 0 Å². The number of aliphatic hydroxyl groups is 2. The van der Waals surface area contributed by atoms with Crippen molar-refractivity contribution in [3.63, 3.8) is 0 Å². The zero-order valence-electron chi connectivity index (χ0n) is 23.1. The van der Waals surface area contributed by atoms with Crippen LogP contribution in [0.5, 0.6) is 5.75 Å². The first-order valence-electron chi connectivity index (χ1n) is 13.3. The maximum absolute atomic E-state index is 11.3. The zero-order chi connectivity index (χ0) is 27.7. The van der Waals surface area contributed by atoms with E-state index in [2.05, 4.69) is 46.4 Å². The minimum Gasteiger partial charge on any atom is -0.541 e. The molecule has 0 saturated carbocycles. The smallest absolute Gasteiger partial charge is 0.258 e. The third kappa shape index (κ3) is 6.35. The van der Waals surface area contributed by atoms with Crippen molar-refractivity contribution in [2.45, 2.75) is 95.7 Å². The Morgan fingerprint density at radius 1 is 0.838 bits per heavy atom. The van der Waals surface area contributed by atoms with Crippen molar-refractivity contribution in [1.82, 2.24) is 4.90 Å². The maximum Gasteiger partial charge on any atom is 0.258 e. The van der Waals surface area contributed by atoms with Crippen LogP contribution in [0.25, 0.3) is 0 Å². The lowest BCUT2D eigenvalue weighted by molar-refractivity contribution is -0.0501. The second-order valence-corrected chi connectivity index (χ2v) is 18.1. The molecule has 206 valence electrons. The molecule has 1 aliphatic heterocycles. The number of halogens is 3. The molecule has 0 aliphatic carbocycles. The van der Waals surface area contributed by atoms with Crippen LogP contribution in [0, 0.1) is 0 Å². The third-order valence-corrected chi connectivity index (χ3v) is 15.2. The molecule has 8 heteroatoms. The molecule has 0 spiro atoms. The molecule has 2 unspecified atom stereocenters. The first kappa shape index (κ1) is 30.7. The molecule has 1 aliphatic rings. The van der Waals surface area contributed by atoms with E-state index in [1.165, 1.54) is 0 Å². The van der Waals surface area contributed by atoms with Crippen LogP contribution in [-0.2, 0) is 5.60 Å². The van der Waals surface area contributed by atoms with Crippen molar-refractivity contribution in [3.8, 4) is 5.75 Å². The van der Waals surface area contributed by atoms with Crippen LogP contribution >= 0.6 is 34.8 Å². The van der Waals surface area contributed by atoms with Crippen molar-refractivity contribution in [2.75, 3.05) is 13.1 Å². The number of hydrogen-bond acceptors (Lipinski definition) is 4. The minimum atomic E-state index is -2.24. The SMILES string of the molecule is CC(C(O)c1cc(Cl)c(O[Si](C(C)C)(C(C)C)C(C)C)c(Cl)c1)N1CCC(O)(c2ccc(Cl)cc2)CC1. The number of aliphatic hydroxyl groups excluding tert-OH is 1. The summed E-state index contributed by atoms with van der Waals surface area (Å²) in [6.07, 6.45) is 0.367. The molecular weight excluding hydrogens is 545 g/mol. The molecule has 1 fully saturated rings. The highest BCUT2D eigenvalue weighted by Gasteiger charge is 2.47. The summed E-state index contributed by atoms with van der Waals surface area (Å²) in [5.74, 6) is 0.528. The fourth-order valence-corrected chi connectivity index (χ4v) is 12.3. The zero-order valence-corrected chi connectivity index (χ0v) is 26.3. The predicted molar refractivity (Wildman–Crippen MR) is 159 cm³/mol. The molecule has 2 aromatic carbocycles. The second kappa shape index (κ2) is 12.2. The first-order valence-corrected chi connectivity index (χ1v) is 16.6. The quantitative estimate of drug-likeness (QED) is 0.289. The van der Waals surface area contributed by atoms with Crippen molar-refractivity contribution in [3.05, 3.63) is 62.6 Å². The van der Waals surface area contributed by atoms with E-state index < -0.39 is 20.0 Å². The Labute approximate surface area is 239 Å². The Hall–Kier alpha value is -0.793. The molecule has 1 heterocycles. The van der Waals surface area contributed by atoms with Crippen LogP contribution in [0.4, 0.5) is 0 Å². The lowest BCUT2D eigenvalue weighted by Gasteiger charge is -2.43. The average molecular weight is 587 g/mol. The molecule has 0 bridgehead atoms. The van der Waals surface area contributed by atoms with Gasteiger partial charge in [-0.1, -0.05) is 88.5 Å². The molecule has 2 atom stereocenters. The van der Waals surface area contributed by atoms with Gasteiger partial charge < -0.3 is 14.6 Å². The van der Waals surface area contributed by atoms with Crippen molar-refractivity contribution in [1.29, 1.82) is 0 Å². The van der Waals surface area contributed by atoms with Gasteiger partial charge in [-0.3, -0.25) is 4.90 Å². The third-order valence-electron chi connectivity index (χ3n) is 8.39. The lowest BCUT2D eigenvalue weighted by atomic mass is 9.83. The molecular formula is C29H42Cl3NO3Si. The van der Waals surface area contributed by atoms with Crippen LogP contribution in [0.15, 0.2) is 36.4 Å². The number of likely N-dealkylation sites (tertiary alicyclic amines) is 1. The van der Waals surface area contributed by atoms with Gasteiger partial charge in [-0.2, -0.15) is 0 Å². The van der Waals surface area contributed by atoms with Gasteiger partial charge in [-0.25, -0.2) is 0 Å². The summed E-state index contributed by atoms with van der Waals surface area (Å²) in [5, 5.41) is 24.0. The molecule has 3 rings (SSSR count). The number of hydrogen-bond donors (Lipinski definition) is 2. The molecule has 0 aromatic heterocycles. The van der Waals surface area contributed by atoms with Gasteiger partial charge in [0.25, 0.3) is 8.32 Å². The minimum absolute atomic E-state index is 0.177. The summed E-state index contributed by atoms with van der Waals surface area (Å²) in [6, 6.07) is 10.8. The summed E-state index contributed by atoms with van der Waals surface area (Å²) in [4.78, 5) is 2.20. The molecule has 2 N–H and O–H groups in total. The molecule has 1 saturated heterocycles. The molecule has 0 radical (unpaired) electrons. The van der Waals surface area contributed by atoms with Crippen molar-refractivity contribution >= 4 is 43.1 Å². The Balaban J connectivity index is 1.76. The molecule has 4 nitrogen and oxygen atoms in total. The summed E-state index contributed by atoms with van der Waals surface area (Å²) in [5.41, 5.74) is 1.81. The first-order chi connectivity index (χ1) is 17.2. The van der Waals surface area contributed by atoms with E-state index in [0.717, 1.165) is 5.56 Å². The van der Waals surface area contributed by atoms with Crippen LogP contribution in [-0.4, -0.2) is 42.6 Å². The van der Waals surface area contributed by atoms with Gasteiger partial charge in [0.05, 0.1) is 21.8 Å². The van der Waals surface area contributed by atoms with Gasteiger partial charge in [-0.15, -0.1) is 0 Å². The van der Waals surface area contributed by atoms with Crippen LogP contribution in [0.3, 0.4) is 0 Å². The van der Waals surface area contributed by atoms with E-state index in [-0.39, 0.29) is 6.04 Å². The number of benzene rings is 2. The van der Waals surface area contributed by atoms with Gasteiger partial charge in [0.15, 0.2) is 0 Å². The fraction of sp³-hybridized carbons (Fsp3) is 0.586. The fourth-order valence-electron chi connectivity index (χ4n) is 6.21. The van der Waals surface area contributed by atoms with E-state index in [1.54, 1.807) is 12.1 Å². The molecule has 37 heavy (non-hydrogen) atoms. The van der Waals surface area contributed by atoms with E-state index >= 15 is 0 Å². The highest BCUT2D eigenvalue weighted by molar-refractivity contribution is 6.78. The highest BCUT2D eigenvalue weighted by Crippen LogP contribution is 2.47. The van der Waals surface area contributed by atoms with E-state index in [9.17, 15) is 10.2 Å². The Bertz CT molecular complexity index is 1010. The second-order valence-electron chi connectivity index (χ2n) is 11.5. The summed E-state index contributed by atoms with van der Waals surface area (Å²) in [7, 11) is -2.24. The highest BCUT2D eigenvalue weighted by atomic mass is 35.5. The molecule has 0 amide bonds. The van der Waals surface area contributed by atoms with Crippen LogP contribution in [0.1, 0.15) is 78.5 Å². The van der Waals surface area contributed by atoms with Crippen molar-refractivity contribution < 1.29 is 14.6 Å². The summed E-state index contributed by atoms with van der Waals surface area (Å²) >= 11 is 19.5. The average Bonchev–Trinajstić information content (AvgIpc) is 2.82. The summed E-state index contributed by atoms with van der Waals surface area (Å²) < 4.78 is 6.78. The van der Waals surface area contributed by atoms with Crippen molar-refractivity contribution in [2.24, 2.45) is 0 Å². The monoisotopic (exact) mass is 585 g/mol. The Morgan fingerprint density at radius 2 is 1.30 bits per heavy atom. The van der Waals surface area contributed by atoms with Gasteiger partial charge in [0, 0.05) is 24.2 Å². The summed E-state index contributed by atoms with van der Waals surface area (Å²) in [6.45, 7) is 16.6. The number of piperidine rings is 1. The van der Waals surface area contributed by atoms with Gasteiger partial charge in [0.1, 0.15) is 5.75 Å². The van der Waals surface area contributed by atoms with Gasteiger partial charge in [-0.05, 0) is 71.8 Å². The largest absolute Gasteiger partial charge is 0.541 e.